The van der Waals surface area contributed by atoms with Crippen molar-refractivity contribution < 1.29 is 23.5 Å². The minimum absolute atomic E-state index is 0.174. The molecule has 29 heavy (non-hydrogen) atoms. The van der Waals surface area contributed by atoms with Gasteiger partial charge >= 0.3 is 5.97 Å². The van der Waals surface area contributed by atoms with Crippen LogP contribution in [0.5, 0.6) is 0 Å². The Hall–Kier alpha value is -2.94. The Morgan fingerprint density at radius 1 is 1.34 bits per heavy atom. The fourth-order valence-corrected chi connectivity index (χ4v) is 3.76. The molecule has 1 N–H and O–H groups in total. The Morgan fingerprint density at radius 3 is 2.72 bits per heavy atom. The number of carbonyl (C=O) groups is 3. The molecule has 2 amide bonds. The molecular weight excluding hydrogens is 394 g/mol. The van der Waals surface area contributed by atoms with Crippen molar-refractivity contribution in [1.82, 2.24) is 10.3 Å². The Balaban J connectivity index is 1.71. The fraction of sp³-hybridized carbons (Fsp3) is 0.400. The van der Waals surface area contributed by atoms with Crippen LogP contribution in [0.4, 0.5) is 0 Å². The summed E-state index contributed by atoms with van der Waals surface area (Å²) in [5, 5.41) is 10.3. The monoisotopic (exact) mass is 417 g/mol. The standard InChI is InChI=1S/C20H23N3O5S/c1-12(2)19(21-13(3)24)20(26)28-11-18(25)23-15(16-6-4-8-27-16)10-14(22-23)17-7-5-9-29-17/h4-9,12,15,19H,10-11H2,1-3H3,(H,21,24)/t15-,19+/m1/s1. The molecule has 0 radical (unpaired) electrons. The molecule has 3 heterocycles. The van der Waals surface area contributed by atoms with Gasteiger partial charge in [0.25, 0.3) is 5.91 Å². The van der Waals surface area contributed by atoms with Crippen molar-refractivity contribution >= 4 is 34.8 Å². The van der Waals surface area contributed by atoms with Gasteiger partial charge in [-0.15, -0.1) is 11.3 Å². The van der Waals surface area contributed by atoms with Gasteiger partial charge in [0.1, 0.15) is 17.8 Å². The van der Waals surface area contributed by atoms with Gasteiger partial charge in [-0.2, -0.15) is 5.10 Å². The van der Waals surface area contributed by atoms with Gasteiger partial charge in [0.2, 0.25) is 5.91 Å². The molecule has 0 fully saturated rings. The maximum Gasteiger partial charge on any atom is 0.329 e. The zero-order valence-corrected chi connectivity index (χ0v) is 17.3. The Labute approximate surface area is 172 Å². The number of nitrogens with one attached hydrogen (secondary N) is 1. The van der Waals surface area contributed by atoms with E-state index in [9.17, 15) is 14.4 Å². The van der Waals surface area contributed by atoms with Crippen molar-refractivity contribution in [2.24, 2.45) is 11.0 Å². The second-order valence-electron chi connectivity index (χ2n) is 7.03. The minimum Gasteiger partial charge on any atom is -0.467 e. The van der Waals surface area contributed by atoms with E-state index in [1.165, 1.54) is 23.3 Å². The number of nitrogens with zero attached hydrogens (tertiary/aromatic N) is 2. The zero-order chi connectivity index (χ0) is 21.0. The van der Waals surface area contributed by atoms with E-state index in [2.05, 4.69) is 10.4 Å². The normalized spacial score (nSPS) is 17.2. The number of amides is 2. The summed E-state index contributed by atoms with van der Waals surface area (Å²) in [4.78, 5) is 37.4. The highest BCUT2D eigenvalue weighted by Crippen LogP contribution is 2.34. The number of ether oxygens (including phenoxy) is 1. The summed E-state index contributed by atoms with van der Waals surface area (Å²) in [5.41, 5.74) is 0.777. The molecule has 3 rings (SSSR count). The number of rotatable bonds is 7. The summed E-state index contributed by atoms with van der Waals surface area (Å²) in [6, 6.07) is 6.19. The highest BCUT2D eigenvalue weighted by molar-refractivity contribution is 7.12. The molecule has 154 valence electrons. The van der Waals surface area contributed by atoms with Crippen LogP contribution in [0.15, 0.2) is 45.4 Å². The summed E-state index contributed by atoms with van der Waals surface area (Å²) in [6.07, 6.45) is 2.05. The molecule has 1 aliphatic rings. The van der Waals surface area contributed by atoms with E-state index < -0.39 is 30.6 Å². The third-order valence-corrected chi connectivity index (χ3v) is 5.38. The lowest BCUT2D eigenvalue weighted by Gasteiger charge is -2.22. The first-order chi connectivity index (χ1) is 13.9. The molecule has 1 aliphatic heterocycles. The third kappa shape index (κ3) is 4.92. The van der Waals surface area contributed by atoms with Crippen molar-refractivity contribution in [3.05, 3.63) is 46.5 Å². The lowest BCUT2D eigenvalue weighted by atomic mass is 10.0. The first-order valence-corrected chi connectivity index (χ1v) is 10.1. The molecule has 0 aliphatic carbocycles. The molecule has 8 nitrogen and oxygen atoms in total. The van der Waals surface area contributed by atoms with Crippen molar-refractivity contribution in [3.8, 4) is 0 Å². The average Bonchev–Trinajstić information content (AvgIpc) is 3.43. The summed E-state index contributed by atoms with van der Waals surface area (Å²) in [6.45, 7) is 4.43. The van der Waals surface area contributed by atoms with Crippen molar-refractivity contribution in [3.63, 3.8) is 0 Å². The van der Waals surface area contributed by atoms with E-state index in [1.807, 2.05) is 17.5 Å². The molecule has 0 aromatic carbocycles. The first-order valence-electron chi connectivity index (χ1n) is 9.27. The number of hydrazone groups is 1. The summed E-state index contributed by atoms with van der Waals surface area (Å²) >= 11 is 1.54. The fourth-order valence-electron chi connectivity index (χ4n) is 3.04. The highest BCUT2D eigenvalue weighted by atomic mass is 32.1. The van der Waals surface area contributed by atoms with Gasteiger partial charge in [-0.25, -0.2) is 9.80 Å². The number of thiophene rings is 1. The van der Waals surface area contributed by atoms with Crippen LogP contribution in [0.1, 0.15) is 43.9 Å². The molecule has 0 saturated heterocycles. The van der Waals surface area contributed by atoms with Crippen LogP contribution < -0.4 is 5.32 Å². The van der Waals surface area contributed by atoms with Gasteiger partial charge in [-0.1, -0.05) is 19.9 Å². The summed E-state index contributed by atoms with van der Waals surface area (Å²) in [5.74, 6) is -1.02. The van der Waals surface area contributed by atoms with Crippen molar-refractivity contribution in [2.45, 2.75) is 39.3 Å². The number of hydrogen-bond donors (Lipinski definition) is 1. The number of esters is 1. The maximum atomic E-state index is 12.8. The molecule has 9 heteroatoms. The second-order valence-corrected chi connectivity index (χ2v) is 7.98. The molecule has 0 unspecified atom stereocenters. The van der Waals surface area contributed by atoms with E-state index in [0.717, 1.165) is 10.6 Å². The second kappa shape index (κ2) is 9.04. The summed E-state index contributed by atoms with van der Waals surface area (Å²) < 4.78 is 10.7. The quantitative estimate of drug-likeness (QED) is 0.698. The van der Waals surface area contributed by atoms with Crippen LogP contribution in [0.2, 0.25) is 0 Å². The van der Waals surface area contributed by atoms with E-state index in [0.29, 0.717) is 12.2 Å². The van der Waals surface area contributed by atoms with Gasteiger partial charge in [0.05, 0.1) is 16.9 Å². The van der Waals surface area contributed by atoms with Crippen molar-refractivity contribution in [2.75, 3.05) is 6.61 Å². The van der Waals surface area contributed by atoms with Crippen molar-refractivity contribution in [1.29, 1.82) is 0 Å². The predicted molar refractivity (Wildman–Crippen MR) is 107 cm³/mol. The minimum atomic E-state index is -0.815. The smallest absolute Gasteiger partial charge is 0.329 e. The highest BCUT2D eigenvalue weighted by Gasteiger charge is 2.36. The van der Waals surface area contributed by atoms with Crippen LogP contribution in [0, 0.1) is 5.92 Å². The van der Waals surface area contributed by atoms with Gasteiger partial charge in [0, 0.05) is 13.3 Å². The van der Waals surface area contributed by atoms with E-state index in [1.54, 1.807) is 32.2 Å². The number of hydrogen-bond acceptors (Lipinski definition) is 7. The molecule has 2 aromatic heterocycles. The SMILES string of the molecule is CC(=O)N[C@H](C(=O)OCC(=O)N1N=C(c2cccs2)C[C@@H]1c1ccco1)C(C)C. The Kier molecular flexibility index (Phi) is 6.48. The number of furan rings is 1. The van der Waals surface area contributed by atoms with Crippen LogP contribution in [-0.2, 0) is 19.1 Å². The van der Waals surface area contributed by atoms with Crippen LogP contribution in [0.25, 0.3) is 0 Å². The molecular formula is C20H23N3O5S. The van der Waals surface area contributed by atoms with E-state index >= 15 is 0 Å². The van der Waals surface area contributed by atoms with Gasteiger partial charge in [-0.3, -0.25) is 9.59 Å². The molecule has 2 atom stereocenters. The molecule has 2 aromatic rings. The van der Waals surface area contributed by atoms with Crippen LogP contribution >= 0.6 is 11.3 Å². The predicted octanol–water partition coefficient (Wildman–Crippen LogP) is 2.72. The number of carbonyl (C=O) groups excluding carboxylic acids is 3. The molecule has 0 spiro atoms. The van der Waals surface area contributed by atoms with Gasteiger partial charge < -0.3 is 14.5 Å². The zero-order valence-electron chi connectivity index (χ0n) is 16.5. The largest absolute Gasteiger partial charge is 0.467 e. The summed E-state index contributed by atoms with van der Waals surface area (Å²) in [7, 11) is 0. The van der Waals surface area contributed by atoms with E-state index in [4.69, 9.17) is 9.15 Å². The average molecular weight is 417 g/mol. The lowest BCUT2D eigenvalue weighted by Crippen LogP contribution is -2.45. The third-order valence-electron chi connectivity index (χ3n) is 4.46. The van der Waals surface area contributed by atoms with Crippen LogP contribution in [0.3, 0.4) is 0 Å². The van der Waals surface area contributed by atoms with Crippen LogP contribution in [-0.4, -0.2) is 41.2 Å². The topological polar surface area (TPSA) is 101 Å². The Bertz CT molecular complexity index is 889. The maximum absolute atomic E-state index is 12.8. The first kappa shape index (κ1) is 20.8. The van der Waals surface area contributed by atoms with Gasteiger partial charge in [-0.05, 0) is 29.5 Å². The molecule has 0 bridgehead atoms. The lowest BCUT2D eigenvalue weighted by molar-refractivity contribution is -0.156. The van der Waals surface area contributed by atoms with E-state index in [-0.39, 0.29) is 11.8 Å². The Morgan fingerprint density at radius 2 is 2.14 bits per heavy atom. The van der Waals surface area contributed by atoms with Gasteiger partial charge in [0.15, 0.2) is 6.61 Å². The molecule has 0 saturated carbocycles.